The van der Waals surface area contributed by atoms with Gasteiger partial charge in [0, 0.05) is 6.42 Å². The summed E-state index contributed by atoms with van der Waals surface area (Å²) in [4.78, 5) is 26.6. The molecule has 0 bridgehead atoms. The molecular weight excluding hydrogens is 1060 g/mol. The summed E-state index contributed by atoms with van der Waals surface area (Å²) in [5.41, 5.74) is 0. The number of rotatable bonds is 56. The first-order valence-electron chi connectivity index (χ1n) is 34.0. The van der Waals surface area contributed by atoms with Gasteiger partial charge in [-0.3, -0.25) is 9.59 Å². The summed E-state index contributed by atoms with van der Waals surface area (Å²) in [6.07, 6.45) is 74.7. The van der Waals surface area contributed by atoms with Crippen molar-refractivity contribution >= 4 is 11.9 Å². The van der Waals surface area contributed by atoms with Crippen LogP contribution in [-0.4, -0.2) is 99.6 Å². The Kier molecular flexibility index (Phi) is 55.7. The number of aliphatic hydroxyl groups excluding tert-OH is 5. The van der Waals surface area contributed by atoms with E-state index in [-0.39, 0.29) is 19.4 Å². The van der Waals surface area contributed by atoms with E-state index < -0.39 is 67.4 Å². The van der Waals surface area contributed by atoms with Gasteiger partial charge < -0.3 is 45.1 Å². The van der Waals surface area contributed by atoms with Crippen molar-refractivity contribution in [3.8, 4) is 0 Å². The number of amides is 1. The topological polar surface area (TPSA) is 175 Å². The summed E-state index contributed by atoms with van der Waals surface area (Å²) >= 11 is 0. The van der Waals surface area contributed by atoms with Crippen molar-refractivity contribution < 1.29 is 49.3 Å². The van der Waals surface area contributed by atoms with Crippen LogP contribution in [0, 0.1) is 0 Å². The second-order valence-corrected chi connectivity index (χ2v) is 22.8. The van der Waals surface area contributed by atoms with Gasteiger partial charge in [-0.1, -0.05) is 264 Å². The van der Waals surface area contributed by atoms with E-state index in [2.05, 4.69) is 148 Å². The average molecular weight is 1190 g/mol. The highest BCUT2D eigenvalue weighted by molar-refractivity contribution is 5.80. The fourth-order valence-electron chi connectivity index (χ4n) is 9.70. The zero-order valence-electron chi connectivity index (χ0n) is 53.7. The molecule has 484 valence electrons. The number of carbonyl (C=O) groups excluding carboxylic acids is 2. The van der Waals surface area contributed by atoms with E-state index in [0.29, 0.717) is 12.8 Å². The zero-order chi connectivity index (χ0) is 61.7. The minimum Gasteiger partial charge on any atom is -0.454 e. The summed E-state index contributed by atoms with van der Waals surface area (Å²) in [5, 5.41) is 57.2. The number of esters is 1. The van der Waals surface area contributed by atoms with Crippen LogP contribution in [0.5, 0.6) is 0 Å². The van der Waals surface area contributed by atoms with Gasteiger partial charge in [0.2, 0.25) is 5.91 Å². The SMILES string of the molecule is CC/C=C\C/C=C\C/C=C\C/C=C\C/C=C\C/C=C\CCCCCCCC(O)C(=O)NC(COC1OC(CO)C(O)C(O)C1OC(=O)CCCCC/C=C\C/C=C\C/C=C\C/C=C\CCCCC)C(O)/C=C/CCCCCCCCCCCCC. The van der Waals surface area contributed by atoms with Crippen LogP contribution in [0.25, 0.3) is 0 Å². The number of hydrogen-bond donors (Lipinski definition) is 6. The van der Waals surface area contributed by atoms with Gasteiger partial charge in [-0.05, 0) is 122 Å². The van der Waals surface area contributed by atoms with Crippen LogP contribution in [-0.2, 0) is 23.8 Å². The largest absolute Gasteiger partial charge is 0.454 e. The minimum atomic E-state index is -1.64. The number of aliphatic hydroxyl groups is 5. The van der Waals surface area contributed by atoms with Crippen molar-refractivity contribution in [1.29, 1.82) is 0 Å². The number of carbonyl (C=O) groups is 2. The first kappa shape index (κ1) is 78.8. The van der Waals surface area contributed by atoms with E-state index in [1.54, 1.807) is 6.08 Å². The first-order valence-corrected chi connectivity index (χ1v) is 34.0. The summed E-state index contributed by atoms with van der Waals surface area (Å²) in [5.74, 6) is -1.25. The minimum absolute atomic E-state index is 0.0770. The second kappa shape index (κ2) is 60.1. The van der Waals surface area contributed by atoms with E-state index in [0.717, 1.165) is 141 Å². The summed E-state index contributed by atoms with van der Waals surface area (Å²) in [6.45, 7) is 5.62. The molecule has 0 aliphatic carbocycles. The number of nitrogens with one attached hydrogen (secondary N) is 1. The van der Waals surface area contributed by atoms with Crippen molar-refractivity contribution in [3.63, 3.8) is 0 Å². The smallest absolute Gasteiger partial charge is 0.306 e. The molecule has 85 heavy (non-hydrogen) atoms. The van der Waals surface area contributed by atoms with Gasteiger partial charge in [0.1, 0.15) is 24.4 Å². The molecule has 1 amide bonds. The Morgan fingerprint density at radius 3 is 1.29 bits per heavy atom. The monoisotopic (exact) mass is 1190 g/mol. The second-order valence-electron chi connectivity index (χ2n) is 22.8. The zero-order valence-corrected chi connectivity index (χ0v) is 53.7. The van der Waals surface area contributed by atoms with Gasteiger partial charge in [0.15, 0.2) is 12.4 Å². The third-order valence-corrected chi connectivity index (χ3v) is 15.0. The standard InChI is InChI=1S/C74H123NO10/c1-4-7-10-13-16-19-22-25-27-29-31-32-33-34-35-37-38-40-43-46-49-52-55-58-61-67(78)73(82)75-65(66(77)60-57-54-51-48-45-42-24-21-18-15-12-9-6-3)64-83-74-72(71(81)70(80)68(63-76)84-74)85-69(79)62-59-56-53-50-47-44-41-39-36-30-28-26-23-20-17-14-11-8-5-2/h7,10,16-17,19-20,25-28,31-32,34-36,38-40,44,47,57,60,65-68,70-72,74,76-78,80-81H,4-6,8-9,11-15,18,21-24,29-30,33,37,41-43,45-46,48-56,58-59,61-64H2,1-3H3,(H,75,82)/b10-7-,19-16-,20-17-,27-25-,28-26-,32-31-,35-34-,39-36-,40-38-,47-44-,60-57+. The lowest BCUT2D eigenvalue weighted by molar-refractivity contribution is -0.305. The van der Waals surface area contributed by atoms with E-state index in [1.165, 1.54) is 70.6 Å². The van der Waals surface area contributed by atoms with Gasteiger partial charge in [-0.15, -0.1) is 0 Å². The molecule has 0 aromatic carbocycles. The highest BCUT2D eigenvalue weighted by atomic mass is 16.7. The fourth-order valence-corrected chi connectivity index (χ4v) is 9.70. The first-order chi connectivity index (χ1) is 41.7. The predicted octanol–water partition coefficient (Wildman–Crippen LogP) is 17.2. The Labute approximate surface area is 518 Å². The van der Waals surface area contributed by atoms with Gasteiger partial charge >= 0.3 is 5.97 Å². The molecule has 0 aromatic rings. The van der Waals surface area contributed by atoms with Crippen molar-refractivity contribution in [3.05, 3.63) is 134 Å². The van der Waals surface area contributed by atoms with Gasteiger partial charge in [-0.2, -0.15) is 0 Å². The number of allylic oxidation sites excluding steroid dienone is 21. The molecule has 0 aromatic heterocycles. The Hall–Kier alpha value is -4.20. The lowest BCUT2D eigenvalue weighted by Crippen LogP contribution is -2.61. The van der Waals surface area contributed by atoms with Crippen molar-refractivity contribution in [2.45, 2.75) is 307 Å². The molecule has 1 aliphatic heterocycles. The Bertz CT molecular complexity index is 1890. The van der Waals surface area contributed by atoms with Crippen LogP contribution < -0.4 is 5.32 Å². The van der Waals surface area contributed by atoms with Crippen LogP contribution in [0.2, 0.25) is 0 Å². The molecule has 1 heterocycles. The van der Waals surface area contributed by atoms with Crippen LogP contribution in [0.1, 0.15) is 258 Å². The van der Waals surface area contributed by atoms with Crippen LogP contribution >= 0.6 is 0 Å². The molecule has 0 spiro atoms. The van der Waals surface area contributed by atoms with E-state index in [9.17, 15) is 35.1 Å². The molecule has 8 atom stereocenters. The van der Waals surface area contributed by atoms with Crippen LogP contribution in [0.4, 0.5) is 0 Å². The maximum atomic E-state index is 13.5. The third-order valence-electron chi connectivity index (χ3n) is 15.0. The van der Waals surface area contributed by atoms with Gasteiger partial charge in [-0.25, -0.2) is 0 Å². The highest BCUT2D eigenvalue weighted by Gasteiger charge is 2.47. The third kappa shape index (κ3) is 47.5. The number of unbranched alkanes of at least 4 members (excludes halogenated alkanes) is 22. The molecule has 0 radical (unpaired) electrons. The Balaban J connectivity index is 2.68. The highest BCUT2D eigenvalue weighted by Crippen LogP contribution is 2.26. The molecular formula is C74H123NO10. The van der Waals surface area contributed by atoms with Crippen molar-refractivity contribution in [1.82, 2.24) is 5.32 Å². The lowest BCUT2D eigenvalue weighted by Gasteiger charge is -2.41. The summed E-state index contributed by atoms with van der Waals surface area (Å²) in [7, 11) is 0. The van der Waals surface area contributed by atoms with E-state index >= 15 is 0 Å². The molecule has 11 heteroatoms. The molecule has 0 saturated carbocycles. The maximum Gasteiger partial charge on any atom is 0.306 e. The number of ether oxygens (including phenoxy) is 3. The fraction of sp³-hybridized carbons (Fsp3) is 0.676. The molecule has 1 rings (SSSR count). The molecule has 11 nitrogen and oxygen atoms in total. The predicted molar refractivity (Wildman–Crippen MR) is 356 cm³/mol. The van der Waals surface area contributed by atoms with E-state index in [1.807, 2.05) is 6.08 Å². The Morgan fingerprint density at radius 1 is 0.471 bits per heavy atom. The summed E-state index contributed by atoms with van der Waals surface area (Å²) in [6, 6.07) is -1.05. The normalized spacial score (nSPS) is 19.3. The molecule has 1 saturated heterocycles. The van der Waals surface area contributed by atoms with Crippen molar-refractivity contribution in [2.75, 3.05) is 13.2 Å². The van der Waals surface area contributed by atoms with Crippen LogP contribution in [0.15, 0.2) is 134 Å². The van der Waals surface area contributed by atoms with Crippen LogP contribution in [0.3, 0.4) is 0 Å². The molecule has 1 aliphatic rings. The number of hydrogen-bond acceptors (Lipinski definition) is 10. The van der Waals surface area contributed by atoms with E-state index in [4.69, 9.17) is 14.2 Å². The molecule has 1 fully saturated rings. The van der Waals surface area contributed by atoms with Gasteiger partial charge in [0.25, 0.3) is 0 Å². The maximum absolute atomic E-state index is 13.5. The quantitative estimate of drug-likeness (QED) is 0.0195. The Morgan fingerprint density at radius 2 is 0.847 bits per heavy atom. The lowest BCUT2D eigenvalue weighted by atomic mass is 9.99. The molecule has 8 unspecified atom stereocenters. The van der Waals surface area contributed by atoms with Crippen molar-refractivity contribution in [2.24, 2.45) is 0 Å². The summed E-state index contributed by atoms with van der Waals surface area (Å²) < 4.78 is 17.6. The average Bonchev–Trinajstić information content (AvgIpc) is 3.17. The molecule has 6 N–H and O–H groups in total. The van der Waals surface area contributed by atoms with Gasteiger partial charge in [0.05, 0.1) is 25.4 Å².